The third kappa shape index (κ3) is 8.86. The van der Waals surface area contributed by atoms with Crippen molar-refractivity contribution in [1.82, 2.24) is 25.5 Å². The number of carbonyl (C=O) groups is 5. The zero-order valence-electron chi connectivity index (χ0n) is 35.2. The molecule has 1 aliphatic carbocycles. The number of alkyl carbamates (subject to hydrolysis) is 1. The zero-order valence-corrected chi connectivity index (χ0v) is 35.2. The second-order valence-corrected chi connectivity index (χ2v) is 18.1. The van der Waals surface area contributed by atoms with Gasteiger partial charge in [-0.2, -0.15) is 0 Å². The number of piperidine rings is 1. The monoisotopic (exact) mass is 829 g/mol. The van der Waals surface area contributed by atoms with Gasteiger partial charge in [0.05, 0.1) is 29.9 Å². The van der Waals surface area contributed by atoms with Gasteiger partial charge < -0.3 is 29.7 Å². The standard InChI is InChI=1S/C46H51N7O8/c1-44(2,3)51-43(58)61-46(6)25-52(26-46)42-47-20-19-30(49-42)24-59-32-12-7-27(8-13-32)45(4,5)28-9-14-33(15-10-28)60-34-21-31(22-34)48-29-11-16-35-36(23-29)41(57)53(40(35)56)37-17-18-38(54)50-39(37)55/h7-16,19-20,23,31,34,37,48H,17-18,21-22,24-26H2,1-6H3,(H,51,58)(H,50,54,55). The van der Waals surface area contributed by atoms with Crippen LogP contribution < -0.4 is 30.3 Å². The Bertz CT molecular complexity index is 2360. The molecule has 0 radical (unpaired) electrons. The molecule has 1 saturated carbocycles. The van der Waals surface area contributed by atoms with E-state index in [9.17, 15) is 24.0 Å². The van der Waals surface area contributed by atoms with Gasteiger partial charge in [-0.1, -0.05) is 38.1 Å². The van der Waals surface area contributed by atoms with Gasteiger partial charge in [-0.05, 0) is 93.8 Å². The Morgan fingerprint density at radius 3 is 2.18 bits per heavy atom. The van der Waals surface area contributed by atoms with Gasteiger partial charge in [-0.15, -0.1) is 0 Å². The van der Waals surface area contributed by atoms with Crippen LogP contribution in [0.5, 0.6) is 11.5 Å². The van der Waals surface area contributed by atoms with E-state index >= 15 is 0 Å². The summed E-state index contributed by atoms with van der Waals surface area (Å²) in [5.41, 5.74) is 2.94. The average Bonchev–Trinajstić information content (AvgIpc) is 3.42. The third-order valence-electron chi connectivity index (χ3n) is 11.6. The van der Waals surface area contributed by atoms with E-state index in [1.54, 1.807) is 24.4 Å². The van der Waals surface area contributed by atoms with Crippen LogP contribution in [0.3, 0.4) is 0 Å². The summed E-state index contributed by atoms with van der Waals surface area (Å²) in [5.74, 6) is -0.00770. The highest BCUT2D eigenvalue weighted by Gasteiger charge is 2.46. The maximum Gasteiger partial charge on any atom is 0.408 e. The fourth-order valence-corrected chi connectivity index (χ4v) is 8.15. The summed E-state index contributed by atoms with van der Waals surface area (Å²) >= 11 is 0. The number of rotatable bonds is 12. The van der Waals surface area contributed by atoms with Gasteiger partial charge in [-0.25, -0.2) is 14.8 Å². The third-order valence-corrected chi connectivity index (χ3v) is 11.6. The Morgan fingerprint density at radius 2 is 1.52 bits per heavy atom. The lowest BCUT2D eigenvalue weighted by atomic mass is 9.78. The van der Waals surface area contributed by atoms with Crippen molar-refractivity contribution >= 4 is 41.4 Å². The smallest absolute Gasteiger partial charge is 0.408 e. The molecule has 5 amide bonds. The van der Waals surface area contributed by atoms with E-state index in [4.69, 9.17) is 14.2 Å². The van der Waals surface area contributed by atoms with Crippen LogP contribution in [0.4, 0.5) is 16.4 Å². The number of carbonyl (C=O) groups excluding carboxylic acids is 5. The molecular formula is C46H51N7O8. The van der Waals surface area contributed by atoms with Gasteiger partial charge >= 0.3 is 6.09 Å². The average molecular weight is 830 g/mol. The molecule has 0 bridgehead atoms. The molecule has 318 valence electrons. The first-order chi connectivity index (χ1) is 28.9. The van der Waals surface area contributed by atoms with Gasteiger partial charge in [0.15, 0.2) is 0 Å². The molecule has 8 rings (SSSR count). The van der Waals surface area contributed by atoms with Crippen LogP contribution in [-0.4, -0.2) is 87.0 Å². The molecule has 4 aliphatic rings. The van der Waals surface area contributed by atoms with Crippen molar-refractivity contribution in [2.45, 2.75) is 109 Å². The van der Waals surface area contributed by atoms with E-state index in [0.29, 0.717) is 24.7 Å². The van der Waals surface area contributed by atoms with Crippen LogP contribution in [0.15, 0.2) is 79.0 Å². The van der Waals surface area contributed by atoms with Crippen LogP contribution in [0, 0.1) is 0 Å². The minimum atomic E-state index is -0.995. The van der Waals surface area contributed by atoms with E-state index in [0.717, 1.165) is 46.1 Å². The number of hydrogen-bond donors (Lipinski definition) is 3. The van der Waals surface area contributed by atoms with Crippen LogP contribution in [-0.2, 0) is 26.3 Å². The van der Waals surface area contributed by atoms with Gasteiger partial charge in [0, 0.05) is 48.1 Å². The van der Waals surface area contributed by atoms with E-state index < -0.39 is 41.4 Å². The Balaban J connectivity index is 0.789. The predicted molar refractivity (Wildman–Crippen MR) is 226 cm³/mol. The normalized spacial score (nSPS) is 20.9. The highest BCUT2D eigenvalue weighted by atomic mass is 16.6. The molecular weight excluding hydrogens is 779 g/mol. The van der Waals surface area contributed by atoms with Gasteiger partial charge in [-0.3, -0.25) is 29.4 Å². The molecule has 4 heterocycles. The molecule has 3 aromatic carbocycles. The highest BCUT2D eigenvalue weighted by molar-refractivity contribution is 6.23. The number of anilines is 2. The first-order valence-electron chi connectivity index (χ1n) is 20.6. The number of hydrogen-bond acceptors (Lipinski definition) is 12. The van der Waals surface area contributed by atoms with Crippen molar-refractivity contribution in [3.63, 3.8) is 0 Å². The number of amides is 5. The van der Waals surface area contributed by atoms with Crippen molar-refractivity contribution in [2.24, 2.45) is 0 Å². The van der Waals surface area contributed by atoms with Crippen molar-refractivity contribution in [3.8, 4) is 11.5 Å². The molecule has 3 aliphatic heterocycles. The number of nitrogens with zero attached hydrogens (tertiary/aromatic N) is 4. The highest BCUT2D eigenvalue weighted by Crippen LogP contribution is 2.36. The fourth-order valence-electron chi connectivity index (χ4n) is 8.15. The van der Waals surface area contributed by atoms with Crippen molar-refractivity contribution < 1.29 is 38.2 Å². The lowest BCUT2D eigenvalue weighted by Crippen LogP contribution is -2.64. The number of fused-ring (bicyclic) bond motifs is 1. The number of nitrogens with one attached hydrogen (secondary N) is 3. The predicted octanol–water partition coefficient (Wildman–Crippen LogP) is 5.91. The number of ether oxygens (including phenoxy) is 3. The Kier molecular flexibility index (Phi) is 10.7. The lowest BCUT2D eigenvalue weighted by molar-refractivity contribution is -0.136. The number of imide groups is 2. The molecule has 15 heteroatoms. The largest absolute Gasteiger partial charge is 0.490 e. The summed E-state index contributed by atoms with van der Waals surface area (Å²) in [5, 5.41) is 8.50. The lowest BCUT2D eigenvalue weighted by Gasteiger charge is -2.46. The maximum atomic E-state index is 13.2. The molecule has 1 aromatic heterocycles. The minimum absolute atomic E-state index is 0.0256. The Morgan fingerprint density at radius 1 is 0.869 bits per heavy atom. The molecule has 1 atom stereocenters. The molecule has 2 saturated heterocycles. The maximum absolute atomic E-state index is 13.2. The van der Waals surface area contributed by atoms with Crippen molar-refractivity contribution in [3.05, 3.63) is 107 Å². The summed E-state index contributed by atoms with van der Waals surface area (Å²) in [6.45, 7) is 13.3. The SMILES string of the molecule is CC(C)(C)NC(=O)OC1(C)CN(c2nccc(COc3ccc(C(C)(C)c4ccc(OC5CC(Nc6ccc7c(c6)C(=O)N(C6CCC(=O)NC6=O)C7=O)C5)cc4)cc3)n2)C1. The van der Waals surface area contributed by atoms with Crippen LogP contribution in [0.2, 0.25) is 0 Å². The Labute approximate surface area is 354 Å². The molecule has 61 heavy (non-hydrogen) atoms. The second kappa shape index (κ2) is 15.8. The second-order valence-electron chi connectivity index (χ2n) is 18.1. The van der Waals surface area contributed by atoms with Crippen LogP contribution in [0.1, 0.15) is 105 Å². The van der Waals surface area contributed by atoms with Crippen molar-refractivity contribution in [1.29, 1.82) is 0 Å². The topological polar surface area (TPSA) is 181 Å². The van der Waals surface area contributed by atoms with E-state index in [1.807, 2.05) is 62.9 Å². The first-order valence-corrected chi connectivity index (χ1v) is 20.6. The summed E-state index contributed by atoms with van der Waals surface area (Å²) < 4.78 is 18.1. The molecule has 1 unspecified atom stereocenters. The first kappa shape index (κ1) is 41.2. The van der Waals surface area contributed by atoms with Crippen molar-refractivity contribution in [2.75, 3.05) is 23.3 Å². The van der Waals surface area contributed by atoms with E-state index in [1.165, 1.54) is 0 Å². The number of benzene rings is 3. The van der Waals surface area contributed by atoms with E-state index in [-0.39, 0.29) is 53.7 Å². The zero-order chi connectivity index (χ0) is 43.3. The van der Waals surface area contributed by atoms with Gasteiger partial charge in [0.1, 0.15) is 35.9 Å². The summed E-state index contributed by atoms with van der Waals surface area (Å²) in [7, 11) is 0. The van der Waals surface area contributed by atoms with Gasteiger partial charge in [0.25, 0.3) is 11.8 Å². The molecule has 15 nitrogen and oxygen atoms in total. The van der Waals surface area contributed by atoms with Crippen LogP contribution in [0.25, 0.3) is 0 Å². The minimum Gasteiger partial charge on any atom is -0.490 e. The van der Waals surface area contributed by atoms with E-state index in [2.05, 4.69) is 64.0 Å². The molecule has 3 fully saturated rings. The Hall–Kier alpha value is -6.51. The quantitative estimate of drug-likeness (QED) is 0.144. The fraction of sp³-hybridized carbons (Fsp3) is 0.413. The molecule has 4 aromatic rings. The summed E-state index contributed by atoms with van der Waals surface area (Å²) in [6, 6.07) is 22.3. The molecule has 0 spiro atoms. The van der Waals surface area contributed by atoms with Gasteiger partial charge in [0.2, 0.25) is 17.8 Å². The van der Waals surface area contributed by atoms with Crippen LogP contribution >= 0.6 is 0 Å². The summed E-state index contributed by atoms with van der Waals surface area (Å²) in [6.07, 6.45) is 3.01. The molecule has 3 N–H and O–H groups in total. The summed E-state index contributed by atoms with van der Waals surface area (Å²) in [4.78, 5) is 74.6. The number of aromatic nitrogens is 2.